The van der Waals surface area contributed by atoms with Gasteiger partial charge in [-0.15, -0.1) is 0 Å². The summed E-state index contributed by atoms with van der Waals surface area (Å²) < 4.78 is 16.5. The molecule has 0 bridgehead atoms. The number of fused-ring (bicyclic) bond motifs is 1. The molecule has 17 heavy (non-hydrogen) atoms. The van der Waals surface area contributed by atoms with Gasteiger partial charge in [0.15, 0.2) is 11.5 Å². The van der Waals surface area contributed by atoms with Gasteiger partial charge in [-0.3, -0.25) is 0 Å². The zero-order valence-corrected chi connectivity index (χ0v) is 10.5. The normalized spacial score (nSPS) is 15.1. The van der Waals surface area contributed by atoms with E-state index >= 15 is 0 Å². The van der Waals surface area contributed by atoms with Crippen molar-refractivity contribution in [1.29, 1.82) is 0 Å². The molecule has 0 aliphatic carbocycles. The van der Waals surface area contributed by atoms with E-state index in [0.29, 0.717) is 0 Å². The van der Waals surface area contributed by atoms with Gasteiger partial charge in [0.05, 0.1) is 6.10 Å². The van der Waals surface area contributed by atoms with E-state index in [-0.39, 0.29) is 18.9 Å². The predicted molar refractivity (Wildman–Crippen MR) is 65.7 cm³/mol. The summed E-state index contributed by atoms with van der Waals surface area (Å²) in [5.74, 6) is 2.35. The Balaban J connectivity index is 2.32. The van der Waals surface area contributed by atoms with Crippen LogP contribution in [0.2, 0.25) is 0 Å². The van der Waals surface area contributed by atoms with Crippen molar-refractivity contribution in [3.05, 3.63) is 17.7 Å². The van der Waals surface area contributed by atoms with E-state index in [1.165, 1.54) is 0 Å². The van der Waals surface area contributed by atoms with Crippen LogP contribution in [0.4, 0.5) is 0 Å². The van der Waals surface area contributed by atoms with Gasteiger partial charge in [0, 0.05) is 12.1 Å². The van der Waals surface area contributed by atoms with Crippen LogP contribution in [-0.4, -0.2) is 18.9 Å². The molecule has 0 amide bonds. The Bertz CT molecular complexity index is 365. The highest BCUT2D eigenvalue weighted by Crippen LogP contribution is 2.38. The maximum Gasteiger partial charge on any atom is 0.231 e. The maximum absolute atomic E-state index is 5.84. The summed E-state index contributed by atoms with van der Waals surface area (Å²) in [6.07, 6.45) is 0.890. The second-order valence-electron chi connectivity index (χ2n) is 4.66. The molecule has 0 spiro atoms. The molecule has 1 aromatic rings. The largest absolute Gasteiger partial charge is 0.491 e. The molecule has 0 aromatic heterocycles. The SMILES string of the molecule is CC(N)Cc1cc2c(cc1OC(C)C)OCO2. The van der Waals surface area contributed by atoms with Crippen LogP contribution in [0.3, 0.4) is 0 Å². The number of nitrogens with two attached hydrogens (primary N) is 1. The average molecular weight is 237 g/mol. The number of ether oxygens (including phenoxy) is 3. The molecule has 1 atom stereocenters. The van der Waals surface area contributed by atoms with Gasteiger partial charge in [0.2, 0.25) is 6.79 Å². The van der Waals surface area contributed by atoms with E-state index in [0.717, 1.165) is 29.2 Å². The van der Waals surface area contributed by atoms with Gasteiger partial charge < -0.3 is 19.9 Å². The van der Waals surface area contributed by atoms with Gasteiger partial charge in [0.1, 0.15) is 5.75 Å². The molecule has 2 rings (SSSR count). The summed E-state index contributed by atoms with van der Waals surface area (Å²) in [6, 6.07) is 3.94. The fraction of sp³-hybridized carbons (Fsp3) is 0.538. The van der Waals surface area contributed by atoms with Gasteiger partial charge in [0.25, 0.3) is 0 Å². The fourth-order valence-corrected chi connectivity index (χ4v) is 1.84. The lowest BCUT2D eigenvalue weighted by Gasteiger charge is -2.16. The molecule has 94 valence electrons. The maximum atomic E-state index is 5.84. The summed E-state index contributed by atoms with van der Waals surface area (Å²) >= 11 is 0. The first-order valence-electron chi connectivity index (χ1n) is 5.91. The standard InChI is InChI=1S/C13H19NO3/c1-8(2)17-11-6-13-12(15-7-16-13)5-10(11)4-9(3)14/h5-6,8-9H,4,7,14H2,1-3H3. The first-order valence-corrected chi connectivity index (χ1v) is 5.91. The number of rotatable bonds is 4. The lowest BCUT2D eigenvalue weighted by Crippen LogP contribution is -2.19. The quantitative estimate of drug-likeness (QED) is 0.871. The molecule has 4 heteroatoms. The molecule has 0 fully saturated rings. The number of hydrogen-bond acceptors (Lipinski definition) is 4. The summed E-state index contributed by atoms with van der Waals surface area (Å²) in [7, 11) is 0. The first-order chi connectivity index (χ1) is 8.06. The highest BCUT2D eigenvalue weighted by molar-refractivity contribution is 5.52. The van der Waals surface area contributed by atoms with Gasteiger partial charge in [-0.05, 0) is 38.8 Å². The van der Waals surface area contributed by atoms with Crippen molar-refractivity contribution in [3.8, 4) is 17.2 Å². The van der Waals surface area contributed by atoms with Gasteiger partial charge in [-0.1, -0.05) is 0 Å². The van der Waals surface area contributed by atoms with E-state index in [2.05, 4.69) is 0 Å². The van der Waals surface area contributed by atoms with Crippen LogP contribution >= 0.6 is 0 Å². The van der Waals surface area contributed by atoms with Crippen molar-refractivity contribution >= 4 is 0 Å². The number of hydrogen-bond donors (Lipinski definition) is 1. The Labute approximate surface area is 102 Å². The minimum absolute atomic E-state index is 0.0879. The Kier molecular flexibility index (Phi) is 3.43. The first kappa shape index (κ1) is 12.0. The van der Waals surface area contributed by atoms with Crippen molar-refractivity contribution in [2.45, 2.75) is 39.3 Å². The van der Waals surface area contributed by atoms with Crippen LogP contribution in [0.25, 0.3) is 0 Å². The molecule has 4 nitrogen and oxygen atoms in total. The van der Waals surface area contributed by atoms with E-state index in [1.807, 2.05) is 32.9 Å². The highest BCUT2D eigenvalue weighted by atomic mass is 16.7. The van der Waals surface area contributed by atoms with Crippen LogP contribution in [0, 0.1) is 0 Å². The summed E-state index contributed by atoms with van der Waals surface area (Å²) in [6.45, 7) is 6.25. The molecule has 1 aliphatic rings. The van der Waals surface area contributed by atoms with Gasteiger partial charge >= 0.3 is 0 Å². The fourth-order valence-electron chi connectivity index (χ4n) is 1.84. The van der Waals surface area contributed by atoms with Crippen molar-refractivity contribution < 1.29 is 14.2 Å². The molecule has 0 saturated heterocycles. The monoisotopic (exact) mass is 237 g/mol. The van der Waals surface area contributed by atoms with Crippen LogP contribution in [0.15, 0.2) is 12.1 Å². The van der Waals surface area contributed by atoms with Crippen LogP contribution < -0.4 is 19.9 Å². The molecule has 2 N–H and O–H groups in total. The van der Waals surface area contributed by atoms with E-state index in [1.54, 1.807) is 0 Å². The highest BCUT2D eigenvalue weighted by Gasteiger charge is 2.19. The minimum Gasteiger partial charge on any atom is -0.491 e. The van der Waals surface area contributed by atoms with Crippen LogP contribution in [-0.2, 0) is 6.42 Å². The topological polar surface area (TPSA) is 53.7 Å². The molecule has 1 heterocycles. The zero-order valence-electron chi connectivity index (χ0n) is 10.5. The second-order valence-corrected chi connectivity index (χ2v) is 4.66. The third-order valence-corrected chi connectivity index (χ3v) is 2.46. The van der Waals surface area contributed by atoms with Gasteiger partial charge in [-0.2, -0.15) is 0 Å². The van der Waals surface area contributed by atoms with E-state index in [9.17, 15) is 0 Å². The van der Waals surface area contributed by atoms with Crippen molar-refractivity contribution in [2.24, 2.45) is 5.73 Å². The molecule has 0 saturated carbocycles. The Morgan fingerprint density at radius 2 is 1.88 bits per heavy atom. The Hall–Kier alpha value is -1.42. The summed E-state index contributed by atoms with van der Waals surface area (Å²) in [5, 5.41) is 0. The lowest BCUT2D eigenvalue weighted by atomic mass is 10.1. The third-order valence-electron chi connectivity index (χ3n) is 2.46. The number of benzene rings is 1. The van der Waals surface area contributed by atoms with Gasteiger partial charge in [-0.25, -0.2) is 0 Å². The van der Waals surface area contributed by atoms with Crippen molar-refractivity contribution in [2.75, 3.05) is 6.79 Å². The molecule has 0 radical (unpaired) electrons. The molecule has 1 aromatic carbocycles. The average Bonchev–Trinajstić information content (AvgIpc) is 2.63. The minimum atomic E-state index is 0.0879. The Morgan fingerprint density at radius 3 is 2.47 bits per heavy atom. The van der Waals surface area contributed by atoms with Crippen molar-refractivity contribution in [1.82, 2.24) is 0 Å². The van der Waals surface area contributed by atoms with Crippen LogP contribution in [0.1, 0.15) is 26.3 Å². The summed E-state index contributed by atoms with van der Waals surface area (Å²) in [5.41, 5.74) is 6.91. The zero-order chi connectivity index (χ0) is 12.4. The second kappa shape index (κ2) is 4.84. The molecule has 1 unspecified atom stereocenters. The van der Waals surface area contributed by atoms with Crippen molar-refractivity contribution in [3.63, 3.8) is 0 Å². The third kappa shape index (κ3) is 2.82. The molecular weight excluding hydrogens is 218 g/mol. The Morgan fingerprint density at radius 1 is 1.24 bits per heavy atom. The lowest BCUT2D eigenvalue weighted by molar-refractivity contribution is 0.173. The smallest absolute Gasteiger partial charge is 0.231 e. The molecule has 1 aliphatic heterocycles. The summed E-state index contributed by atoms with van der Waals surface area (Å²) in [4.78, 5) is 0. The van der Waals surface area contributed by atoms with E-state index in [4.69, 9.17) is 19.9 Å². The molecular formula is C13H19NO3. The predicted octanol–water partition coefficient (Wildman–Crippen LogP) is 2.09. The van der Waals surface area contributed by atoms with E-state index < -0.39 is 0 Å². The van der Waals surface area contributed by atoms with Crippen LogP contribution in [0.5, 0.6) is 17.2 Å².